The lowest BCUT2D eigenvalue weighted by Gasteiger charge is -2.26. The second kappa shape index (κ2) is 8.91. The Morgan fingerprint density at radius 1 is 0.625 bits per heavy atom. The molecule has 0 fully saturated rings. The molecule has 1 nitrogen and oxygen atoms in total. The van der Waals surface area contributed by atoms with Crippen molar-refractivity contribution in [1.82, 2.24) is 0 Å². The van der Waals surface area contributed by atoms with E-state index in [0.29, 0.717) is 5.02 Å². The number of hydrogen-bond donors (Lipinski definition) is 0. The van der Waals surface area contributed by atoms with E-state index in [1.165, 1.54) is 0 Å². The number of rotatable bonds is 4. The summed E-state index contributed by atoms with van der Waals surface area (Å²) in [5.74, 6) is 0. The van der Waals surface area contributed by atoms with E-state index >= 15 is 4.57 Å². The van der Waals surface area contributed by atoms with Crippen molar-refractivity contribution < 1.29 is 4.57 Å². The Labute approximate surface area is 200 Å². The molecule has 0 aliphatic rings. The van der Waals surface area contributed by atoms with E-state index in [1.807, 2.05) is 100 Å². The van der Waals surface area contributed by atoms with Crippen LogP contribution in [0.1, 0.15) is 22.3 Å². The molecule has 4 rings (SSSR count). The van der Waals surface area contributed by atoms with Crippen LogP contribution in [0.25, 0.3) is 11.1 Å². The maximum Gasteiger partial charge on any atom is 0.171 e. The van der Waals surface area contributed by atoms with Crippen LogP contribution in [0.4, 0.5) is 0 Å². The van der Waals surface area contributed by atoms with Gasteiger partial charge in [-0.3, -0.25) is 0 Å². The number of aryl methyl sites for hydroxylation is 2. The first-order valence-corrected chi connectivity index (χ1v) is 13.0. The summed E-state index contributed by atoms with van der Waals surface area (Å²) >= 11 is 13.4. The lowest BCUT2D eigenvalue weighted by atomic mass is 9.94. The van der Waals surface area contributed by atoms with Crippen molar-refractivity contribution in [1.29, 1.82) is 0 Å². The molecule has 0 radical (unpaired) electrons. The molecule has 0 atom stereocenters. The number of hydrogen-bond acceptors (Lipinski definition) is 1. The Balaban J connectivity index is 2.18. The summed E-state index contributed by atoms with van der Waals surface area (Å²) in [6.45, 7) is 7.98. The fourth-order valence-electron chi connectivity index (χ4n) is 4.32. The van der Waals surface area contributed by atoms with Crippen molar-refractivity contribution in [2.45, 2.75) is 27.7 Å². The molecule has 0 aliphatic heterocycles. The first-order valence-electron chi connectivity index (χ1n) is 10.5. The largest absolute Gasteiger partial charge is 0.309 e. The summed E-state index contributed by atoms with van der Waals surface area (Å²) < 4.78 is 15.2. The summed E-state index contributed by atoms with van der Waals surface area (Å²) in [7, 11) is -3.20. The Morgan fingerprint density at radius 3 is 1.66 bits per heavy atom. The van der Waals surface area contributed by atoms with Gasteiger partial charge in [-0.25, -0.2) is 0 Å². The molecule has 0 N–H and O–H groups in total. The molecule has 0 bridgehead atoms. The first-order chi connectivity index (χ1) is 15.3. The lowest BCUT2D eigenvalue weighted by molar-refractivity contribution is 0.592. The minimum atomic E-state index is -3.20. The average molecular weight is 479 g/mol. The van der Waals surface area contributed by atoms with Crippen molar-refractivity contribution >= 4 is 46.3 Å². The predicted molar refractivity (Wildman–Crippen MR) is 140 cm³/mol. The molecule has 32 heavy (non-hydrogen) atoms. The van der Waals surface area contributed by atoms with E-state index in [9.17, 15) is 0 Å². The van der Waals surface area contributed by atoms with E-state index in [0.717, 1.165) is 54.3 Å². The highest BCUT2D eigenvalue weighted by Crippen LogP contribution is 2.48. The van der Waals surface area contributed by atoms with Gasteiger partial charge in [0.15, 0.2) is 7.14 Å². The molecule has 0 amide bonds. The molecule has 0 aromatic heterocycles. The minimum Gasteiger partial charge on any atom is -0.309 e. The molecule has 162 valence electrons. The van der Waals surface area contributed by atoms with Crippen LogP contribution in [-0.4, -0.2) is 0 Å². The second-order valence-electron chi connectivity index (χ2n) is 8.18. The first kappa shape index (κ1) is 22.9. The summed E-state index contributed by atoms with van der Waals surface area (Å²) in [6, 6.07) is 25.5. The molecule has 4 heteroatoms. The third kappa shape index (κ3) is 3.73. The lowest BCUT2D eigenvalue weighted by Crippen LogP contribution is -2.27. The van der Waals surface area contributed by atoms with Crippen LogP contribution in [0.2, 0.25) is 10.0 Å². The monoisotopic (exact) mass is 478 g/mol. The molecular formula is C28H25Cl2OP. The summed E-state index contributed by atoms with van der Waals surface area (Å²) in [5.41, 5.74) is 5.66. The molecule has 4 aromatic rings. The van der Waals surface area contributed by atoms with Crippen LogP contribution in [-0.2, 0) is 4.57 Å². The van der Waals surface area contributed by atoms with Gasteiger partial charge in [0, 0.05) is 26.0 Å². The average Bonchev–Trinajstić information content (AvgIpc) is 2.82. The van der Waals surface area contributed by atoms with E-state index in [-0.39, 0.29) is 0 Å². The summed E-state index contributed by atoms with van der Waals surface area (Å²) in [4.78, 5) is 0. The highest BCUT2D eigenvalue weighted by atomic mass is 35.5. The van der Waals surface area contributed by atoms with Crippen LogP contribution in [0.15, 0.2) is 78.9 Å². The van der Waals surface area contributed by atoms with Crippen molar-refractivity contribution in [3.63, 3.8) is 0 Å². The van der Waals surface area contributed by atoms with Crippen LogP contribution in [0.3, 0.4) is 0 Å². The zero-order valence-corrected chi connectivity index (χ0v) is 21.0. The Kier molecular flexibility index (Phi) is 6.37. The summed E-state index contributed by atoms with van der Waals surface area (Å²) in [5, 5.41) is 3.79. The van der Waals surface area contributed by atoms with Gasteiger partial charge in [-0.15, -0.1) is 0 Å². The maximum atomic E-state index is 15.2. The third-order valence-corrected chi connectivity index (χ3v) is 10.3. The Morgan fingerprint density at radius 2 is 1.12 bits per heavy atom. The fourth-order valence-corrected chi connectivity index (χ4v) is 7.65. The maximum absolute atomic E-state index is 15.2. The smallest absolute Gasteiger partial charge is 0.171 e. The normalized spacial score (nSPS) is 11.6. The zero-order valence-electron chi connectivity index (χ0n) is 18.6. The fraction of sp³-hybridized carbons (Fsp3) is 0.143. The van der Waals surface area contributed by atoms with Gasteiger partial charge in [0.05, 0.1) is 0 Å². The Bertz CT molecular complexity index is 1300. The number of benzene rings is 4. The molecule has 0 spiro atoms. The standard InChI is InChI=1S/C28H25Cl2OP/c1-18-15-16-24(20(3)27(18)29)26-21(4)28(30)19(2)17-25(26)32(31,22-11-7-5-8-12-22)23-13-9-6-10-14-23/h5-17H,1-4H3. The van der Waals surface area contributed by atoms with Crippen LogP contribution >= 0.6 is 30.3 Å². The van der Waals surface area contributed by atoms with Gasteiger partial charge in [-0.2, -0.15) is 0 Å². The molecule has 0 saturated carbocycles. The quantitative estimate of drug-likeness (QED) is 0.277. The highest BCUT2D eigenvalue weighted by molar-refractivity contribution is 7.85. The van der Waals surface area contributed by atoms with Crippen LogP contribution in [0.5, 0.6) is 0 Å². The van der Waals surface area contributed by atoms with Gasteiger partial charge in [0.1, 0.15) is 0 Å². The van der Waals surface area contributed by atoms with E-state index < -0.39 is 7.14 Å². The molecule has 0 unspecified atom stereocenters. The van der Waals surface area contributed by atoms with Crippen LogP contribution in [0, 0.1) is 27.7 Å². The third-order valence-electron chi connectivity index (χ3n) is 6.09. The van der Waals surface area contributed by atoms with Gasteiger partial charge in [-0.1, -0.05) is 96.0 Å². The Hall–Kier alpha value is -2.31. The second-order valence-corrected chi connectivity index (χ2v) is 11.7. The topological polar surface area (TPSA) is 17.1 Å². The van der Waals surface area contributed by atoms with Gasteiger partial charge in [-0.05, 0) is 67.1 Å². The van der Waals surface area contributed by atoms with E-state index in [2.05, 4.69) is 6.07 Å². The SMILES string of the molecule is Cc1ccc(-c2c(P(=O)(c3ccccc3)c3ccccc3)cc(C)c(Cl)c2C)c(C)c1Cl. The van der Waals surface area contributed by atoms with Gasteiger partial charge < -0.3 is 4.57 Å². The predicted octanol–water partition coefficient (Wildman–Crippen LogP) is 7.53. The van der Waals surface area contributed by atoms with Gasteiger partial charge in [0.2, 0.25) is 0 Å². The van der Waals surface area contributed by atoms with Gasteiger partial charge in [0.25, 0.3) is 0 Å². The molecule has 0 aliphatic carbocycles. The van der Waals surface area contributed by atoms with E-state index in [1.54, 1.807) is 0 Å². The molecule has 0 heterocycles. The van der Waals surface area contributed by atoms with Crippen molar-refractivity contribution in [2.75, 3.05) is 0 Å². The van der Waals surface area contributed by atoms with Gasteiger partial charge >= 0.3 is 0 Å². The molecule has 4 aromatic carbocycles. The van der Waals surface area contributed by atoms with Crippen molar-refractivity contribution in [3.05, 3.63) is 111 Å². The van der Waals surface area contributed by atoms with Crippen molar-refractivity contribution in [3.8, 4) is 11.1 Å². The molecule has 0 saturated heterocycles. The summed E-state index contributed by atoms with van der Waals surface area (Å²) in [6.07, 6.45) is 0. The van der Waals surface area contributed by atoms with Crippen LogP contribution < -0.4 is 15.9 Å². The minimum absolute atomic E-state index is 0.688. The number of halogens is 2. The highest BCUT2D eigenvalue weighted by Gasteiger charge is 2.34. The van der Waals surface area contributed by atoms with E-state index in [4.69, 9.17) is 23.2 Å². The van der Waals surface area contributed by atoms with Crippen molar-refractivity contribution in [2.24, 2.45) is 0 Å². The zero-order chi connectivity index (χ0) is 23.0. The molecular weight excluding hydrogens is 454 g/mol.